The summed E-state index contributed by atoms with van der Waals surface area (Å²) in [6.45, 7) is 12.3. The first-order chi connectivity index (χ1) is 44.6. The van der Waals surface area contributed by atoms with Gasteiger partial charge >= 0.3 is 0 Å². The number of hydrogen-bond acceptors (Lipinski definition) is 11. The summed E-state index contributed by atoms with van der Waals surface area (Å²) >= 11 is 0. The van der Waals surface area contributed by atoms with Gasteiger partial charge in [-0.15, -0.1) is 0 Å². The summed E-state index contributed by atoms with van der Waals surface area (Å²) in [5.41, 5.74) is -6.78. The van der Waals surface area contributed by atoms with Crippen LogP contribution in [0.4, 0.5) is 28.4 Å². The molecule has 4 aromatic heterocycles. The monoisotopic (exact) mass is 1270 g/mol. The van der Waals surface area contributed by atoms with Gasteiger partial charge in [0.05, 0.1) is 25.0 Å². The number of nitrogens with zero attached hydrogens (tertiary/aromatic N) is 4. The highest BCUT2D eigenvalue weighted by Crippen LogP contribution is 2.35. The van der Waals surface area contributed by atoms with Gasteiger partial charge in [-0.05, 0) is 38.2 Å². The molecular weight excluding hydrogens is 1170 g/mol. The normalized spacial score (nSPS) is 12.7. The van der Waals surface area contributed by atoms with Crippen LogP contribution < -0.4 is 57.8 Å². The van der Waals surface area contributed by atoms with Crippen LogP contribution in [0.25, 0.3) is 0 Å². The molecule has 0 unspecified atom stereocenters. The minimum atomic E-state index is -1.01. The van der Waals surface area contributed by atoms with Crippen molar-refractivity contribution in [2.24, 2.45) is 0 Å². The van der Waals surface area contributed by atoms with Gasteiger partial charge in [-0.25, -0.2) is 0 Å². The lowest BCUT2D eigenvalue weighted by Gasteiger charge is -2.18. The first-order valence-corrected chi connectivity index (χ1v) is 34.5. The topological polar surface area (TPSA) is 252 Å². The van der Waals surface area contributed by atoms with Crippen LogP contribution in [0.3, 0.4) is 0 Å². The Balaban J connectivity index is 1.57. The van der Waals surface area contributed by atoms with E-state index in [1.54, 1.807) is 18.3 Å². The van der Waals surface area contributed by atoms with Crippen molar-refractivity contribution < 1.29 is 33.4 Å². The van der Waals surface area contributed by atoms with Gasteiger partial charge in [-0.2, -0.15) is 0 Å². The molecule has 20 nitrogen and oxygen atoms in total. The van der Waals surface area contributed by atoms with Crippen LogP contribution in [0.5, 0.6) is 11.5 Å². The number of carbonyl (C=O) groups is 5. The number of amides is 5. The van der Waals surface area contributed by atoms with Gasteiger partial charge in [0.15, 0.2) is 5.75 Å². The number of fused-ring (bicyclic) bond motifs is 10. The van der Waals surface area contributed by atoms with Crippen molar-refractivity contribution in [2.75, 3.05) is 40.3 Å². The fourth-order valence-electron chi connectivity index (χ4n) is 11.5. The number of benzene rings is 1. The summed E-state index contributed by atoms with van der Waals surface area (Å²) in [5.74, 6) is -4.78. The van der Waals surface area contributed by atoms with Gasteiger partial charge in [0.25, 0.3) is 29.5 Å². The van der Waals surface area contributed by atoms with Crippen LogP contribution in [-0.4, -0.2) is 61.5 Å². The summed E-state index contributed by atoms with van der Waals surface area (Å²) in [4.78, 5) is 133. The van der Waals surface area contributed by atoms with Crippen LogP contribution in [0.1, 0.15) is 279 Å². The lowest BCUT2D eigenvalue weighted by atomic mass is 10.1. The third-order valence-electron chi connectivity index (χ3n) is 16.9. The molecule has 1 aliphatic rings. The van der Waals surface area contributed by atoms with Crippen LogP contribution in [0.15, 0.2) is 80.9 Å². The first-order valence-electron chi connectivity index (χ1n) is 34.5. The van der Waals surface area contributed by atoms with Crippen molar-refractivity contribution >= 4 is 58.0 Å². The van der Waals surface area contributed by atoms with Crippen LogP contribution in [0, 0.1) is 0 Å². The molecule has 10 bridgehead atoms. The molecule has 20 heteroatoms. The number of methoxy groups -OCH3 is 1. The highest BCUT2D eigenvalue weighted by atomic mass is 16.5. The van der Waals surface area contributed by atoms with E-state index < -0.39 is 73.5 Å². The average molecular weight is 1270 g/mol. The molecule has 0 aliphatic carbocycles. The van der Waals surface area contributed by atoms with E-state index >= 15 is 0 Å². The minimum Gasteiger partial charge on any atom is -0.494 e. The predicted octanol–water partition coefficient (Wildman–Crippen LogP) is 15.1. The number of aromatic nitrogens is 4. The predicted molar refractivity (Wildman–Crippen MR) is 368 cm³/mol. The second kappa shape index (κ2) is 39.4. The quantitative estimate of drug-likeness (QED) is 0.0234. The maximum Gasteiger partial charge on any atom is 0.261 e. The van der Waals surface area contributed by atoms with Crippen LogP contribution >= 0.6 is 0 Å². The zero-order valence-corrected chi connectivity index (χ0v) is 55.8. The molecule has 0 saturated heterocycles. The van der Waals surface area contributed by atoms with E-state index in [0.717, 1.165) is 161 Å². The Morgan fingerprint density at radius 2 is 0.543 bits per heavy atom. The van der Waals surface area contributed by atoms with E-state index in [9.17, 15) is 43.2 Å². The molecule has 5 amide bonds. The van der Waals surface area contributed by atoms with Crippen molar-refractivity contribution in [3.8, 4) is 11.5 Å². The summed E-state index contributed by atoms with van der Waals surface area (Å²) in [5, 5.41) is 13.4. The second-order valence-corrected chi connectivity index (χ2v) is 24.6. The lowest BCUT2D eigenvalue weighted by Crippen LogP contribution is -2.32. The summed E-state index contributed by atoms with van der Waals surface area (Å²) in [7, 11) is 1.30. The molecule has 5 N–H and O–H groups in total. The Bertz CT molecular complexity index is 3460. The first kappa shape index (κ1) is 73.0. The van der Waals surface area contributed by atoms with Crippen LogP contribution in [0.2, 0.25) is 0 Å². The number of hydrogen-bond donors (Lipinski definition) is 5. The molecule has 92 heavy (non-hydrogen) atoms. The molecule has 502 valence electrons. The minimum absolute atomic E-state index is 0.0623. The largest absolute Gasteiger partial charge is 0.494 e. The number of aryl methyl sites for hydroxylation is 4. The number of carbonyl (C=O) groups excluding carboxylic acids is 5. The molecule has 1 aliphatic heterocycles. The Hall–Kier alpha value is -8.03. The maximum absolute atomic E-state index is 15.0. The Morgan fingerprint density at radius 3 is 0.826 bits per heavy atom. The number of pyridine rings is 4. The molecular formula is C72H103N9O11. The number of rotatable bonds is 37. The van der Waals surface area contributed by atoms with E-state index in [1.807, 2.05) is 0 Å². The lowest BCUT2D eigenvalue weighted by molar-refractivity contribution is 0.101. The van der Waals surface area contributed by atoms with Crippen molar-refractivity contribution in [2.45, 2.75) is 253 Å². The van der Waals surface area contributed by atoms with E-state index in [-0.39, 0.29) is 52.1 Å². The average Bonchev–Trinajstić information content (AvgIpc) is 1.15. The summed E-state index contributed by atoms with van der Waals surface area (Å²) < 4.78 is 18.7. The third kappa shape index (κ3) is 22.4. The molecule has 5 heterocycles. The summed E-state index contributed by atoms with van der Waals surface area (Å²) in [6, 6.07) is 2.91. The molecule has 0 fully saturated rings. The standard InChI is InChI=1S/C72H103N9O11/c1-7-12-17-22-27-32-37-78-44-54-63(82)60(49-78)75-71(89)56-46-80(39-34-29-24-19-14-9-3)51-62(65(56)84)77-72(90)57-47-81(40-35-30-25-20-15-10-4)50-61(66(57)85)76-70(88)55-45-79(38-33-28-23-18-13-8-2)48-59(64(55)83)74-68(86)53-42-52(92-41-36-31-26-21-16-11-5)43-58(67(53)91-6)73-69(54)87/h42-51H,7-41H2,1-6H3,(H,73,87)(H,74,86)(H,75,89)(H,76,88)(H,77,90). The Morgan fingerprint density at radius 1 is 0.293 bits per heavy atom. The number of ether oxygens (including phenoxy) is 2. The van der Waals surface area contributed by atoms with Gasteiger partial charge in [0.2, 0.25) is 21.7 Å². The van der Waals surface area contributed by atoms with Gasteiger partial charge < -0.3 is 54.3 Å². The zero-order valence-electron chi connectivity index (χ0n) is 55.8. The fraction of sp³-hybridized carbons (Fsp3) is 0.569. The number of unbranched alkanes of at least 4 members (excludes halogenated alkanes) is 25. The van der Waals surface area contributed by atoms with Gasteiger partial charge in [-0.3, -0.25) is 43.2 Å². The van der Waals surface area contributed by atoms with Crippen molar-refractivity contribution in [1.29, 1.82) is 0 Å². The molecule has 5 aromatic rings. The molecule has 1 aromatic carbocycles. The number of anilines is 5. The fourth-order valence-corrected chi connectivity index (χ4v) is 11.5. The highest BCUT2D eigenvalue weighted by molar-refractivity contribution is 6.12. The van der Waals surface area contributed by atoms with Gasteiger partial charge in [0, 0.05) is 81.8 Å². The SMILES string of the molecule is CCCCCCCCOc1cc2c(OC)c(c1)C(=O)Nc1cn(CCCCCCCC)cc(c1=O)C(=O)Nc1cn(CCCCCCCC)cc(c1=O)C(=O)Nc1cn(CCCCCCCC)cc(c1=O)C(=O)Nc1cn(CCCCCCCC)cc(c1=O)C(=O)N2. The Labute approximate surface area is 543 Å². The zero-order chi connectivity index (χ0) is 66.2. The van der Waals surface area contributed by atoms with Crippen molar-refractivity contribution in [3.05, 3.63) is 130 Å². The maximum atomic E-state index is 15.0. The molecule has 6 rings (SSSR count). The van der Waals surface area contributed by atoms with Crippen molar-refractivity contribution in [1.82, 2.24) is 18.3 Å². The summed E-state index contributed by atoms with van der Waals surface area (Å²) in [6.07, 6.45) is 39.6. The van der Waals surface area contributed by atoms with E-state index in [4.69, 9.17) is 9.47 Å². The molecule has 0 spiro atoms. The van der Waals surface area contributed by atoms with E-state index in [0.29, 0.717) is 58.3 Å². The molecule has 0 saturated carbocycles. The smallest absolute Gasteiger partial charge is 0.261 e. The van der Waals surface area contributed by atoms with Gasteiger partial charge in [0.1, 0.15) is 50.8 Å². The van der Waals surface area contributed by atoms with Crippen LogP contribution in [-0.2, 0) is 26.2 Å². The number of nitrogens with one attached hydrogen (secondary N) is 5. The highest BCUT2D eigenvalue weighted by Gasteiger charge is 2.28. The molecule has 0 radical (unpaired) electrons. The second-order valence-electron chi connectivity index (χ2n) is 24.6. The van der Waals surface area contributed by atoms with E-state index in [2.05, 4.69) is 61.2 Å². The van der Waals surface area contributed by atoms with E-state index in [1.165, 1.54) is 68.8 Å². The van der Waals surface area contributed by atoms with Gasteiger partial charge in [-0.1, -0.05) is 195 Å². The molecule has 0 atom stereocenters. The third-order valence-corrected chi connectivity index (χ3v) is 16.9. The van der Waals surface area contributed by atoms with Crippen molar-refractivity contribution in [3.63, 3.8) is 0 Å². The Kier molecular flexibility index (Phi) is 31.3.